The molecule has 102 valence electrons. The number of amides is 1. The van der Waals surface area contributed by atoms with Gasteiger partial charge in [0, 0.05) is 6.07 Å². The Morgan fingerprint density at radius 1 is 1.50 bits per heavy atom. The molecule has 8 nitrogen and oxygen atoms in total. The summed E-state index contributed by atoms with van der Waals surface area (Å²) in [5.74, 6) is -0.510. The summed E-state index contributed by atoms with van der Waals surface area (Å²) in [4.78, 5) is 21.9. The highest BCUT2D eigenvalue weighted by molar-refractivity contribution is 9.10. The number of hydrogen-bond donors (Lipinski definition) is 2. The van der Waals surface area contributed by atoms with Gasteiger partial charge in [0.1, 0.15) is 5.69 Å². The summed E-state index contributed by atoms with van der Waals surface area (Å²) in [6.07, 6.45) is 2.64. The Morgan fingerprint density at radius 3 is 2.90 bits per heavy atom. The van der Waals surface area contributed by atoms with Crippen LogP contribution in [0.4, 0.5) is 5.69 Å². The van der Waals surface area contributed by atoms with Gasteiger partial charge in [-0.05, 0) is 22.0 Å². The average molecular weight is 338 g/mol. The molecule has 0 bridgehead atoms. The molecule has 0 aliphatic heterocycles. The normalized spacial score (nSPS) is 10.7. The van der Waals surface area contributed by atoms with E-state index in [0.29, 0.717) is 10.0 Å². The van der Waals surface area contributed by atoms with Crippen LogP contribution >= 0.6 is 15.9 Å². The minimum absolute atomic E-state index is 0.0896. The number of aromatic nitrogens is 2. The highest BCUT2D eigenvalue weighted by Crippen LogP contribution is 2.15. The second-order valence-corrected chi connectivity index (χ2v) is 4.46. The van der Waals surface area contributed by atoms with Gasteiger partial charge < -0.3 is 0 Å². The molecular weight excluding hydrogens is 330 g/mol. The number of nitrogens with one attached hydrogen (secondary N) is 2. The third-order valence-corrected chi connectivity index (χ3v) is 2.92. The molecule has 1 amide bonds. The molecule has 0 spiro atoms. The molecule has 9 heteroatoms. The second kappa shape index (κ2) is 6.06. The number of carbonyl (C=O) groups excluding carboxylic acids is 1. The highest BCUT2D eigenvalue weighted by Gasteiger charge is 2.12. The van der Waals surface area contributed by atoms with E-state index < -0.39 is 10.8 Å². The van der Waals surface area contributed by atoms with Crippen molar-refractivity contribution in [1.29, 1.82) is 0 Å². The number of aromatic amines is 1. The maximum atomic E-state index is 11.7. The number of rotatable bonds is 4. The van der Waals surface area contributed by atoms with E-state index in [1.807, 2.05) is 0 Å². The van der Waals surface area contributed by atoms with Crippen molar-refractivity contribution in [2.75, 3.05) is 0 Å². The number of carbonyl (C=O) groups is 1. The molecular formula is C11H8BrN5O3. The second-order valence-electron chi connectivity index (χ2n) is 3.61. The maximum Gasteiger partial charge on any atom is 0.290 e. The van der Waals surface area contributed by atoms with Gasteiger partial charge in [0.25, 0.3) is 11.6 Å². The van der Waals surface area contributed by atoms with E-state index in [9.17, 15) is 14.9 Å². The van der Waals surface area contributed by atoms with Gasteiger partial charge in [-0.15, -0.1) is 0 Å². The number of nitro groups is 1. The molecule has 0 unspecified atom stereocenters. The summed E-state index contributed by atoms with van der Waals surface area (Å²) in [6.45, 7) is 0. The lowest BCUT2D eigenvalue weighted by Crippen LogP contribution is -2.18. The zero-order chi connectivity index (χ0) is 14.5. The minimum atomic E-state index is -0.519. The van der Waals surface area contributed by atoms with Crippen LogP contribution in [0, 0.1) is 10.1 Å². The number of para-hydroxylation sites is 1. The molecule has 0 radical (unpaired) electrons. The number of nitrogens with zero attached hydrogens (tertiary/aromatic N) is 3. The third kappa shape index (κ3) is 3.06. The van der Waals surface area contributed by atoms with Gasteiger partial charge in [0.15, 0.2) is 0 Å². The Bertz CT molecular complexity index is 682. The van der Waals surface area contributed by atoms with Crippen molar-refractivity contribution in [3.63, 3.8) is 0 Å². The molecule has 1 aromatic heterocycles. The van der Waals surface area contributed by atoms with E-state index >= 15 is 0 Å². The number of benzene rings is 1. The lowest BCUT2D eigenvalue weighted by molar-refractivity contribution is -0.385. The van der Waals surface area contributed by atoms with E-state index in [0.717, 1.165) is 0 Å². The van der Waals surface area contributed by atoms with Crippen molar-refractivity contribution in [3.05, 3.63) is 56.3 Å². The quantitative estimate of drug-likeness (QED) is 0.503. The van der Waals surface area contributed by atoms with Crippen LogP contribution in [0.5, 0.6) is 0 Å². The fourth-order valence-corrected chi connectivity index (χ4v) is 1.78. The molecule has 2 rings (SSSR count). The highest BCUT2D eigenvalue weighted by atomic mass is 79.9. The largest absolute Gasteiger partial charge is 0.290 e. The van der Waals surface area contributed by atoms with Crippen LogP contribution in [0.2, 0.25) is 0 Å². The summed E-state index contributed by atoms with van der Waals surface area (Å²) in [7, 11) is 0. The predicted molar refractivity (Wildman–Crippen MR) is 74.4 cm³/mol. The van der Waals surface area contributed by atoms with Crippen LogP contribution in [0.3, 0.4) is 0 Å². The van der Waals surface area contributed by atoms with E-state index in [-0.39, 0.29) is 11.4 Å². The first-order chi connectivity index (χ1) is 9.59. The van der Waals surface area contributed by atoms with Crippen LogP contribution in [0.15, 0.2) is 40.0 Å². The van der Waals surface area contributed by atoms with E-state index in [2.05, 4.69) is 36.7 Å². The Kier molecular flexibility index (Phi) is 4.20. The van der Waals surface area contributed by atoms with Gasteiger partial charge in [-0.2, -0.15) is 10.2 Å². The summed E-state index contributed by atoms with van der Waals surface area (Å²) >= 11 is 3.14. The van der Waals surface area contributed by atoms with Crippen molar-refractivity contribution in [1.82, 2.24) is 15.6 Å². The summed E-state index contributed by atoms with van der Waals surface area (Å²) in [6, 6.07) is 6.08. The van der Waals surface area contributed by atoms with Crippen molar-refractivity contribution in [3.8, 4) is 0 Å². The number of H-pyrrole nitrogens is 1. The smallest absolute Gasteiger partial charge is 0.272 e. The number of halogens is 1. The zero-order valence-corrected chi connectivity index (χ0v) is 11.5. The van der Waals surface area contributed by atoms with Gasteiger partial charge in [-0.1, -0.05) is 12.1 Å². The average Bonchev–Trinajstić information content (AvgIpc) is 2.85. The van der Waals surface area contributed by atoms with Gasteiger partial charge in [0.05, 0.1) is 27.4 Å². The third-order valence-electron chi connectivity index (χ3n) is 2.32. The summed E-state index contributed by atoms with van der Waals surface area (Å²) < 4.78 is 0.496. The molecule has 0 saturated carbocycles. The summed E-state index contributed by atoms with van der Waals surface area (Å²) in [5.41, 5.74) is 2.66. The standard InChI is InChI=1S/C11H8BrN5O3/c12-8-6-14-15-10(8)11(18)16-13-5-7-3-1-2-4-9(7)17(19)20/h1-6H,(H,14,15)(H,16,18)/b13-5+. The number of nitro benzene ring substituents is 1. The van der Waals surface area contributed by atoms with Gasteiger partial charge in [-0.25, -0.2) is 5.43 Å². The molecule has 20 heavy (non-hydrogen) atoms. The van der Waals surface area contributed by atoms with E-state index in [4.69, 9.17) is 0 Å². The van der Waals surface area contributed by atoms with Crippen LogP contribution < -0.4 is 5.43 Å². The molecule has 0 atom stereocenters. The maximum absolute atomic E-state index is 11.7. The first kappa shape index (κ1) is 13.9. The van der Waals surface area contributed by atoms with Gasteiger partial charge in [-0.3, -0.25) is 20.0 Å². The molecule has 1 aromatic carbocycles. The molecule has 0 saturated heterocycles. The van der Waals surface area contributed by atoms with Crippen LogP contribution in [-0.4, -0.2) is 27.2 Å². The predicted octanol–water partition coefficient (Wildman–Crippen LogP) is 1.84. The molecule has 0 aliphatic carbocycles. The topological polar surface area (TPSA) is 113 Å². The molecule has 0 aliphatic rings. The Balaban J connectivity index is 2.10. The van der Waals surface area contributed by atoms with E-state index in [1.54, 1.807) is 12.1 Å². The first-order valence-corrected chi connectivity index (χ1v) is 6.14. The van der Waals surface area contributed by atoms with Gasteiger partial charge >= 0.3 is 0 Å². The number of hydrogen-bond acceptors (Lipinski definition) is 5. The minimum Gasteiger partial charge on any atom is -0.272 e. The number of hydrazone groups is 1. The fourth-order valence-electron chi connectivity index (χ4n) is 1.41. The Morgan fingerprint density at radius 2 is 2.25 bits per heavy atom. The Hall–Kier alpha value is -2.55. The Labute approximate surface area is 121 Å². The SMILES string of the molecule is O=C(N/N=C/c1ccccc1[N+](=O)[O-])c1[nH]ncc1Br. The fraction of sp³-hybridized carbons (Fsp3) is 0. The molecule has 0 fully saturated rings. The molecule has 1 heterocycles. The summed E-state index contributed by atoms with van der Waals surface area (Å²) in [5, 5.41) is 20.6. The van der Waals surface area contributed by atoms with Crippen LogP contribution in [-0.2, 0) is 0 Å². The molecule has 2 aromatic rings. The van der Waals surface area contributed by atoms with Crippen molar-refractivity contribution in [2.24, 2.45) is 5.10 Å². The lowest BCUT2D eigenvalue weighted by atomic mass is 10.2. The molecule has 2 N–H and O–H groups in total. The van der Waals surface area contributed by atoms with Gasteiger partial charge in [0.2, 0.25) is 0 Å². The van der Waals surface area contributed by atoms with E-state index in [1.165, 1.54) is 24.5 Å². The van der Waals surface area contributed by atoms with Crippen LogP contribution in [0.25, 0.3) is 0 Å². The van der Waals surface area contributed by atoms with Crippen molar-refractivity contribution in [2.45, 2.75) is 0 Å². The zero-order valence-electron chi connectivity index (χ0n) is 9.91. The van der Waals surface area contributed by atoms with Crippen LogP contribution in [0.1, 0.15) is 16.1 Å². The first-order valence-electron chi connectivity index (χ1n) is 5.35. The monoisotopic (exact) mass is 337 g/mol. The van der Waals surface area contributed by atoms with Crippen molar-refractivity contribution < 1.29 is 9.72 Å². The lowest BCUT2D eigenvalue weighted by Gasteiger charge is -1.98. The van der Waals surface area contributed by atoms with Crippen molar-refractivity contribution >= 4 is 33.7 Å².